The Balaban J connectivity index is 2.39. The van der Waals surface area contributed by atoms with E-state index in [0.29, 0.717) is 4.47 Å². The standard InChI is InChI=1S/C13H7BrClFO3/c14-7-1-3-9(13(17)18)12(5-7)19-8-2-4-11(16)10(15)6-8/h1-6H,(H,17,18). The average molecular weight is 346 g/mol. The van der Waals surface area contributed by atoms with Crippen LogP contribution >= 0.6 is 27.5 Å². The minimum Gasteiger partial charge on any atom is -0.478 e. The number of ether oxygens (including phenoxy) is 1. The second kappa shape index (κ2) is 5.59. The van der Waals surface area contributed by atoms with Crippen LogP contribution in [0.25, 0.3) is 0 Å². The molecule has 0 fully saturated rings. The van der Waals surface area contributed by atoms with Crippen molar-refractivity contribution in [1.82, 2.24) is 0 Å². The lowest BCUT2D eigenvalue weighted by Crippen LogP contribution is -2.00. The Morgan fingerprint density at radius 1 is 1.26 bits per heavy atom. The number of carboxylic acids is 1. The zero-order valence-electron chi connectivity index (χ0n) is 9.36. The Hall–Kier alpha value is -1.59. The average Bonchev–Trinajstić information content (AvgIpc) is 2.33. The zero-order valence-corrected chi connectivity index (χ0v) is 11.7. The van der Waals surface area contributed by atoms with E-state index in [2.05, 4.69) is 15.9 Å². The van der Waals surface area contributed by atoms with E-state index in [0.717, 1.165) is 6.07 Å². The smallest absolute Gasteiger partial charge is 0.339 e. The van der Waals surface area contributed by atoms with Crippen molar-refractivity contribution >= 4 is 33.5 Å². The third-order valence-electron chi connectivity index (χ3n) is 2.29. The van der Waals surface area contributed by atoms with Crippen LogP contribution in [0.2, 0.25) is 5.02 Å². The molecule has 98 valence electrons. The van der Waals surface area contributed by atoms with Crippen LogP contribution in [-0.2, 0) is 0 Å². The highest BCUT2D eigenvalue weighted by Gasteiger charge is 2.13. The summed E-state index contributed by atoms with van der Waals surface area (Å²) < 4.78 is 19.1. The lowest BCUT2D eigenvalue weighted by molar-refractivity contribution is 0.0694. The highest BCUT2D eigenvalue weighted by atomic mass is 79.9. The molecule has 0 atom stereocenters. The molecule has 0 saturated heterocycles. The molecule has 0 aliphatic carbocycles. The molecule has 2 aromatic carbocycles. The van der Waals surface area contributed by atoms with Gasteiger partial charge in [0.2, 0.25) is 0 Å². The van der Waals surface area contributed by atoms with Crippen molar-refractivity contribution in [3.63, 3.8) is 0 Å². The molecule has 2 aromatic rings. The molecular formula is C13H7BrClFO3. The van der Waals surface area contributed by atoms with Crippen molar-refractivity contribution < 1.29 is 19.0 Å². The summed E-state index contributed by atoms with van der Waals surface area (Å²) in [5.41, 5.74) is 0.00338. The fraction of sp³-hybridized carbons (Fsp3) is 0. The monoisotopic (exact) mass is 344 g/mol. The molecule has 0 saturated carbocycles. The van der Waals surface area contributed by atoms with Gasteiger partial charge in [-0.3, -0.25) is 0 Å². The maximum atomic E-state index is 13.0. The van der Waals surface area contributed by atoms with Gasteiger partial charge >= 0.3 is 5.97 Å². The van der Waals surface area contributed by atoms with Crippen molar-refractivity contribution in [2.75, 3.05) is 0 Å². The van der Waals surface area contributed by atoms with E-state index in [1.807, 2.05) is 0 Å². The molecule has 19 heavy (non-hydrogen) atoms. The molecule has 6 heteroatoms. The van der Waals surface area contributed by atoms with E-state index in [1.165, 1.54) is 24.3 Å². The lowest BCUT2D eigenvalue weighted by Gasteiger charge is -2.09. The summed E-state index contributed by atoms with van der Waals surface area (Å²) in [7, 11) is 0. The van der Waals surface area contributed by atoms with Crippen molar-refractivity contribution in [3.05, 3.63) is 57.3 Å². The number of aromatic carboxylic acids is 1. The first kappa shape index (κ1) is 13.8. The molecule has 1 N–H and O–H groups in total. The van der Waals surface area contributed by atoms with Gasteiger partial charge in [0, 0.05) is 10.5 Å². The fourth-order valence-electron chi connectivity index (χ4n) is 1.42. The van der Waals surface area contributed by atoms with Crippen LogP contribution in [0.3, 0.4) is 0 Å². The third-order valence-corrected chi connectivity index (χ3v) is 3.08. The number of rotatable bonds is 3. The van der Waals surface area contributed by atoms with Crippen LogP contribution in [0, 0.1) is 5.82 Å². The molecule has 0 aromatic heterocycles. The van der Waals surface area contributed by atoms with Gasteiger partial charge in [-0.2, -0.15) is 0 Å². The number of carbonyl (C=O) groups is 1. The normalized spacial score (nSPS) is 10.3. The number of halogens is 3. The summed E-state index contributed by atoms with van der Waals surface area (Å²) in [6.45, 7) is 0. The highest BCUT2D eigenvalue weighted by molar-refractivity contribution is 9.10. The summed E-state index contributed by atoms with van der Waals surface area (Å²) in [5.74, 6) is -1.28. The van der Waals surface area contributed by atoms with Crippen LogP contribution in [0.5, 0.6) is 11.5 Å². The van der Waals surface area contributed by atoms with E-state index in [-0.39, 0.29) is 22.1 Å². The van der Waals surface area contributed by atoms with Gasteiger partial charge in [0.25, 0.3) is 0 Å². The van der Waals surface area contributed by atoms with Crippen molar-refractivity contribution in [3.8, 4) is 11.5 Å². The van der Waals surface area contributed by atoms with Crippen LogP contribution in [0.15, 0.2) is 40.9 Å². The van der Waals surface area contributed by atoms with Crippen LogP contribution in [0.4, 0.5) is 4.39 Å². The number of carboxylic acid groups (broad SMARTS) is 1. The fourth-order valence-corrected chi connectivity index (χ4v) is 1.94. The minimum atomic E-state index is -1.12. The SMILES string of the molecule is O=C(O)c1ccc(Br)cc1Oc1ccc(F)c(Cl)c1. The second-order valence-corrected chi connectivity index (χ2v) is 4.95. The Labute approximate surface area is 121 Å². The van der Waals surface area contributed by atoms with Gasteiger partial charge in [-0.25, -0.2) is 9.18 Å². The molecule has 3 nitrogen and oxygen atoms in total. The lowest BCUT2D eigenvalue weighted by atomic mass is 10.2. The van der Waals surface area contributed by atoms with Crippen molar-refractivity contribution in [2.45, 2.75) is 0 Å². The highest BCUT2D eigenvalue weighted by Crippen LogP contribution is 2.30. The molecule has 0 unspecified atom stereocenters. The molecule has 0 spiro atoms. The second-order valence-electron chi connectivity index (χ2n) is 3.62. The van der Waals surface area contributed by atoms with Crippen molar-refractivity contribution in [2.24, 2.45) is 0 Å². The number of hydrogen-bond donors (Lipinski definition) is 1. The molecule has 0 bridgehead atoms. The maximum absolute atomic E-state index is 13.0. The summed E-state index contributed by atoms with van der Waals surface area (Å²) in [5, 5.41) is 8.96. The first-order chi connectivity index (χ1) is 8.97. The number of benzene rings is 2. The summed E-state index contributed by atoms with van der Waals surface area (Å²) in [6.07, 6.45) is 0. The van der Waals surface area contributed by atoms with Gasteiger partial charge in [0.15, 0.2) is 0 Å². The Morgan fingerprint density at radius 3 is 2.63 bits per heavy atom. The molecule has 0 aliphatic heterocycles. The Kier molecular flexibility index (Phi) is 4.07. The van der Waals surface area contributed by atoms with E-state index >= 15 is 0 Å². The summed E-state index contributed by atoms with van der Waals surface area (Å²) in [4.78, 5) is 11.1. The molecular weight excluding hydrogens is 338 g/mol. The van der Waals surface area contributed by atoms with Gasteiger partial charge < -0.3 is 9.84 Å². The molecule has 0 heterocycles. The minimum absolute atomic E-state index is 0.00338. The predicted molar refractivity (Wildman–Crippen MR) is 72.6 cm³/mol. The van der Waals surface area contributed by atoms with Gasteiger partial charge in [0.1, 0.15) is 22.9 Å². The van der Waals surface area contributed by atoms with Crippen LogP contribution < -0.4 is 4.74 Å². The van der Waals surface area contributed by atoms with Gasteiger partial charge in [-0.15, -0.1) is 0 Å². The van der Waals surface area contributed by atoms with Crippen LogP contribution in [0.1, 0.15) is 10.4 Å². The largest absolute Gasteiger partial charge is 0.478 e. The first-order valence-corrected chi connectivity index (χ1v) is 6.30. The van der Waals surface area contributed by atoms with Gasteiger partial charge in [-0.1, -0.05) is 27.5 Å². The molecule has 2 rings (SSSR count). The molecule has 0 aliphatic rings. The van der Waals surface area contributed by atoms with Crippen molar-refractivity contribution in [1.29, 1.82) is 0 Å². The first-order valence-electron chi connectivity index (χ1n) is 5.13. The molecule has 0 amide bonds. The topological polar surface area (TPSA) is 46.5 Å². The summed E-state index contributed by atoms with van der Waals surface area (Å²) in [6, 6.07) is 8.31. The maximum Gasteiger partial charge on any atom is 0.339 e. The van der Waals surface area contributed by atoms with E-state index in [9.17, 15) is 9.18 Å². The zero-order chi connectivity index (χ0) is 14.0. The molecule has 0 radical (unpaired) electrons. The quantitative estimate of drug-likeness (QED) is 0.874. The van der Waals surface area contributed by atoms with E-state index in [4.69, 9.17) is 21.4 Å². The van der Waals surface area contributed by atoms with Gasteiger partial charge in [0.05, 0.1) is 5.02 Å². The predicted octanol–water partition coefficient (Wildman–Crippen LogP) is 4.73. The third kappa shape index (κ3) is 3.24. The number of hydrogen-bond acceptors (Lipinski definition) is 2. The Bertz CT molecular complexity index is 646. The summed E-state index contributed by atoms with van der Waals surface area (Å²) >= 11 is 8.86. The Morgan fingerprint density at radius 2 is 2.00 bits per heavy atom. The van der Waals surface area contributed by atoms with E-state index in [1.54, 1.807) is 6.07 Å². The van der Waals surface area contributed by atoms with Gasteiger partial charge in [-0.05, 0) is 30.3 Å². The van der Waals surface area contributed by atoms with E-state index < -0.39 is 11.8 Å². The van der Waals surface area contributed by atoms with Crippen LogP contribution in [-0.4, -0.2) is 11.1 Å².